The topological polar surface area (TPSA) is 251 Å². The van der Waals surface area contributed by atoms with Gasteiger partial charge in [-0.25, -0.2) is 9.37 Å². The minimum atomic E-state index is -1.30. The van der Waals surface area contributed by atoms with Crippen LogP contribution in [0.3, 0.4) is 0 Å². The van der Waals surface area contributed by atoms with E-state index in [1.54, 1.807) is 23.6 Å². The van der Waals surface area contributed by atoms with Gasteiger partial charge in [0.05, 0.1) is 83.6 Å². The molecule has 0 aliphatic carbocycles. The second-order valence-corrected chi connectivity index (χ2v) is 20.2. The van der Waals surface area contributed by atoms with Crippen LogP contribution in [0.2, 0.25) is 0 Å². The number of ether oxygens (including phenoxy) is 5. The lowest BCUT2D eigenvalue weighted by atomic mass is 10.0. The summed E-state index contributed by atoms with van der Waals surface area (Å²) in [6.45, 7) is 8.56. The third-order valence-electron chi connectivity index (χ3n) is 14.4. The number of carbonyl (C=O) groups is 7. The van der Waals surface area contributed by atoms with Crippen LogP contribution in [0, 0.1) is 5.82 Å². The predicted octanol–water partition coefficient (Wildman–Crippen LogP) is 3.42. The summed E-state index contributed by atoms with van der Waals surface area (Å²) in [5, 5.41) is 20.8. The Morgan fingerprint density at radius 1 is 0.769 bits per heavy atom. The van der Waals surface area contributed by atoms with Crippen LogP contribution in [-0.4, -0.2) is 195 Å². The fourth-order valence-electron chi connectivity index (χ4n) is 10.4. The second-order valence-electron chi connectivity index (χ2n) is 19.3. The molecule has 2 unspecified atom stereocenters. The number of nitrogens with zero attached hydrogens (tertiary/aromatic N) is 6. The molecule has 5 aliphatic rings. The van der Waals surface area contributed by atoms with Crippen molar-refractivity contribution in [1.82, 2.24) is 29.9 Å². The second kappa shape index (κ2) is 26.6. The number of anilines is 3. The number of rotatable bonds is 26. The van der Waals surface area contributed by atoms with Crippen molar-refractivity contribution < 1.29 is 66.7 Å². The Labute approximate surface area is 454 Å². The molecule has 4 N–H and O–H groups in total. The number of phenols is 1. The van der Waals surface area contributed by atoms with Crippen molar-refractivity contribution in [2.75, 3.05) is 127 Å². The van der Waals surface area contributed by atoms with E-state index in [0.29, 0.717) is 115 Å². The van der Waals surface area contributed by atoms with E-state index in [2.05, 4.69) is 30.7 Å². The first-order chi connectivity index (χ1) is 37.9. The summed E-state index contributed by atoms with van der Waals surface area (Å²) in [5.74, 6) is -4.09. The molecule has 3 fully saturated rings. The maximum Gasteiger partial charge on any atom is 0.264 e. The molecule has 24 heteroatoms. The number of imide groups is 2. The van der Waals surface area contributed by atoms with Crippen molar-refractivity contribution in [3.63, 3.8) is 0 Å². The third-order valence-corrected chi connectivity index (χ3v) is 15.1. The van der Waals surface area contributed by atoms with Gasteiger partial charge >= 0.3 is 0 Å². The smallest absolute Gasteiger partial charge is 0.264 e. The number of piperazine rings is 1. The molecule has 9 rings (SSSR count). The van der Waals surface area contributed by atoms with Crippen molar-refractivity contribution in [3.05, 3.63) is 99.8 Å². The summed E-state index contributed by atoms with van der Waals surface area (Å²) >= 11 is 1.21. The van der Waals surface area contributed by atoms with Crippen LogP contribution in [-0.2, 0) is 49.4 Å². The van der Waals surface area contributed by atoms with E-state index in [0.717, 1.165) is 67.3 Å². The third kappa shape index (κ3) is 13.5. The fourth-order valence-corrected chi connectivity index (χ4v) is 10.9. The Kier molecular flexibility index (Phi) is 19.0. The van der Waals surface area contributed by atoms with Gasteiger partial charge in [-0.1, -0.05) is 12.1 Å². The number of hydrogen-bond acceptors (Lipinski definition) is 18. The number of thiazole rings is 1. The minimum absolute atomic E-state index is 0.0155. The molecular weight excluding hydrogens is 1030 g/mol. The standard InChI is InChI=1S/C54H64FN9O13S/c55-36-5-8-44(65)41(32-36)48(50(69)59-54-57-14-31-78-54)63-34-35-4-6-38(33-40(35)51(63)70)60-15-10-37(11-16-60)61-17-19-62(20-18-61)46(67)12-21-73-23-25-75-27-29-77-30-28-76-26-24-74-22-13-56-42-3-1-2-39-47(42)53(72)64(52(39)71)43-7-9-45(66)58-49(43)68/h1-6,8,14,31-33,37,43,48,56,65H,7,9-13,15-30,34H2,(H,57,59,69)(H,58,66,68). The SMILES string of the molecule is O=C1CCC(N2C(=O)c3cccc(NCCOCCOCCOCCOCCOCCC(=O)N4CCN(C5CCN(c6ccc7c(c6)C(=O)N(C(C(=O)Nc6nccs6)c6cc(F)ccc6O)C7)CC5)CC4)c3C2=O)C(=O)N1. The summed E-state index contributed by atoms with van der Waals surface area (Å²) < 4.78 is 42.5. The number of benzene rings is 3. The highest BCUT2D eigenvalue weighted by Gasteiger charge is 2.46. The van der Waals surface area contributed by atoms with Crippen molar-refractivity contribution in [1.29, 1.82) is 0 Å². The summed E-state index contributed by atoms with van der Waals surface area (Å²) in [6, 6.07) is 12.0. The minimum Gasteiger partial charge on any atom is -0.508 e. The van der Waals surface area contributed by atoms with Crippen molar-refractivity contribution in [2.24, 2.45) is 0 Å². The largest absolute Gasteiger partial charge is 0.508 e. The van der Waals surface area contributed by atoms with E-state index in [1.807, 2.05) is 23.1 Å². The van der Waals surface area contributed by atoms with Gasteiger partial charge < -0.3 is 48.8 Å². The van der Waals surface area contributed by atoms with E-state index in [1.165, 1.54) is 28.5 Å². The van der Waals surface area contributed by atoms with Gasteiger partial charge in [0, 0.05) is 98.9 Å². The molecular formula is C54H64FN9O13S. The number of fused-ring (bicyclic) bond motifs is 2. The molecule has 7 amide bonds. The number of aromatic nitrogens is 1. The van der Waals surface area contributed by atoms with Gasteiger partial charge in [-0.3, -0.25) is 54.0 Å². The van der Waals surface area contributed by atoms with Crippen LogP contribution in [0.15, 0.2) is 66.2 Å². The summed E-state index contributed by atoms with van der Waals surface area (Å²) in [4.78, 5) is 104. The zero-order chi connectivity index (χ0) is 54.5. The molecule has 5 aliphatic heterocycles. The number of hydrogen-bond donors (Lipinski definition) is 4. The van der Waals surface area contributed by atoms with Gasteiger partial charge in [0.25, 0.3) is 23.6 Å². The quantitative estimate of drug-likeness (QED) is 0.0519. The average Bonchev–Trinajstić information content (AvgIpc) is 4.35. The number of aromatic hydroxyl groups is 1. The normalized spacial score (nSPS) is 18.4. The highest BCUT2D eigenvalue weighted by molar-refractivity contribution is 7.13. The molecule has 4 aromatic rings. The van der Waals surface area contributed by atoms with Gasteiger partial charge in [0.1, 0.15) is 23.7 Å². The van der Waals surface area contributed by atoms with E-state index in [4.69, 9.17) is 23.7 Å². The molecule has 3 aromatic carbocycles. The van der Waals surface area contributed by atoms with Crippen LogP contribution in [0.1, 0.15) is 80.3 Å². The maximum absolute atomic E-state index is 14.5. The Balaban J connectivity index is 0.577. The van der Waals surface area contributed by atoms with Crippen LogP contribution in [0.4, 0.5) is 20.9 Å². The molecule has 22 nitrogen and oxygen atoms in total. The monoisotopic (exact) mass is 1100 g/mol. The summed E-state index contributed by atoms with van der Waals surface area (Å²) in [7, 11) is 0. The molecule has 6 heterocycles. The predicted molar refractivity (Wildman–Crippen MR) is 282 cm³/mol. The van der Waals surface area contributed by atoms with Gasteiger partial charge in [-0.15, -0.1) is 11.3 Å². The molecule has 416 valence electrons. The van der Waals surface area contributed by atoms with E-state index in [-0.39, 0.29) is 53.6 Å². The number of nitrogens with one attached hydrogen (secondary N) is 3. The molecule has 2 atom stereocenters. The van der Waals surface area contributed by atoms with Crippen molar-refractivity contribution >= 4 is 69.2 Å². The number of halogens is 1. The Hall–Kier alpha value is -6.93. The highest BCUT2D eigenvalue weighted by atomic mass is 32.1. The van der Waals surface area contributed by atoms with Crippen LogP contribution >= 0.6 is 11.3 Å². The lowest BCUT2D eigenvalue weighted by molar-refractivity contribution is -0.136. The molecule has 0 bridgehead atoms. The first-order valence-corrected chi connectivity index (χ1v) is 27.2. The Morgan fingerprint density at radius 3 is 2.14 bits per heavy atom. The highest BCUT2D eigenvalue weighted by Crippen LogP contribution is 2.39. The number of phenolic OH excluding ortho intramolecular Hbond substituents is 1. The Bertz CT molecular complexity index is 2810. The van der Waals surface area contributed by atoms with Gasteiger partial charge in [-0.2, -0.15) is 0 Å². The molecule has 1 aromatic heterocycles. The average molecular weight is 1100 g/mol. The van der Waals surface area contributed by atoms with E-state index in [9.17, 15) is 43.1 Å². The zero-order valence-electron chi connectivity index (χ0n) is 43.2. The first-order valence-electron chi connectivity index (χ1n) is 26.3. The molecule has 78 heavy (non-hydrogen) atoms. The van der Waals surface area contributed by atoms with Crippen LogP contribution in [0.5, 0.6) is 5.75 Å². The number of carbonyl (C=O) groups excluding carboxylic acids is 7. The van der Waals surface area contributed by atoms with Gasteiger partial charge in [0.2, 0.25) is 17.7 Å². The van der Waals surface area contributed by atoms with Crippen molar-refractivity contribution in [2.45, 2.75) is 56.8 Å². The molecule has 0 radical (unpaired) electrons. The molecule has 3 saturated heterocycles. The Morgan fingerprint density at radius 2 is 1.46 bits per heavy atom. The summed E-state index contributed by atoms with van der Waals surface area (Å²) in [5.41, 5.74) is 2.95. The van der Waals surface area contributed by atoms with E-state index < -0.39 is 47.4 Å². The summed E-state index contributed by atoms with van der Waals surface area (Å²) in [6.07, 6.45) is 3.82. The van der Waals surface area contributed by atoms with Crippen LogP contribution in [0.25, 0.3) is 0 Å². The van der Waals surface area contributed by atoms with Crippen LogP contribution < -0.4 is 20.9 Å². The number of piperidine rings is 2. The fraction of sp³-hybridized carbons (Fsp3) is 0.481. The zero-order valence-corrected chi connectivity index (χ0v) is 44.0. The van der Waals surface area contributed by atoms with E-state index >= 15 is 0 Å². The van der Waals surface area contributed by atoms with Gasteiger partial charge in [0.15, 0.2) is 5.13 Å². The first kappa shape index (κ1) is 55.8. The lowest BCUT2D eigenvalue weighted by Crippen LogP contribution is -2.54. The maximum atomic E-state index is 14.5. The number of amides is 7. The molecule has 0 saturated carbocycles. The lowest BCUT2D eigenvalue weighted by Gasteiger charge is -2.43. The van der Waals surface area contributed by atoms with Gasteiger partial charge in [-0.05, 0) is 67.3 Å². The molecule has 0 spiro atoms. The van der Waals surface area contributed by atoms with Crippen molar-refractivity contribution in [3.8, 4) is 5.75 Å².